The summed E-state index contributed by atoms with van der Waals surface area (Å²) in [4.78, 5) is 15.8. The van der Waals surface area contributed by atoms with Crippen molar-refractivity contribution in [2.24, 2.45) is 0 Å². The first-order valence-electron chi connectivity index (χ1n) is 6.48. The number of nitrogens with zero attached hydrogens (tertiary/aromatic N) is 2. The van der Waals surface area contributed by atoms with Crippen molar-refractivity contribution >= 4 is 5.91 Å². The van der Waals surface area contributed by atoms with Crippen molar-refractivity contribution in [3.8, 4) is 17.9 Å². The van der Waals surface area contributed by atoms with Gasteiger partial charge in [-0.05, 0) is 24.3 Å². The Morgan fingerprint density at radius 1 is 1.14 bits per heavy atom. The van der Waals surface area contributed by atoms with Crippen molar-refractivity contribution in [1.82, 2.24) is 10.3 Å². The maximum absolute atomic E-state index is 11.6. The van der Waals surface area contributed by atoms with Crippen LogP contribution in [-0.2, 0) is 11.2 Å². The Morgan fingerprint density at radius 3 is 2.62 bits per heavy atom. The first kappa shape index (κ1) is 14.3. The second-order valence-electron chi connectivity index (χ2n) is 4.23. The van der Waals surface area contributed by atoms with Gasteiger partial charge in [-0.1, -0.05) is 24.1 Å². The van der Waals surface area contributed by atoms with Gasteiger partial charge in [-0.3, -0.25) is 9.78 Å². The van der Waals surface area contributed by atoms with E-state index in [9.17, 15) is 4.79 Å². The summed E-state index contributed by atoms with van der Waals surface area (Å²) in [5.74, 6) is 4.84. The van der Waals surface area contributed by atoms with Crippen molar-refractivity contribution in [3.05, 3.63) is 65.5 Å². The Morgan fingerprint density at radius 2 is 1.90 bits per heavy atom. The molecule has 0 aliphatic rings. The van der Waals surface area contributed by atoms with Crippen molar-refractivity contribution in [1.29, 1.82) is 5.26 Å². The third-order valence-corrected chi connectivity index (χ3v) is 2.75. The van der Waals surface area contributed by atoms with Crippen molar-refractivity contribution in [2.75, 3.05) is 6.54 Å². The average molecular weight is 275 g/mol. The number of amides is 1. The van der Waals surface area contributed by atoms with Crippen LogP contribution in [0.2, 0.25) is 0 Å². The van der Waals surface area contributed by atoms with Gasteiger partial charge < -0.3 is 5.32 Å². The van der Waals surface area contributed by atoms with E-state index in [0.717, 1.165) is 5.69 Å². The van der Waals surface area contributed by atoms with Gasteiger partial charge in [0, 0.05) is 36.3 Å². The summed E-state index contributed by atoms with van der Waals surface area (Å²) in [6.45, 7) is 0.477. The molecule has 2 rings (SSSR count). The van der Waals surface area contributed by atoms with Crippen LogP contribution >= 0.6 is 0 Å². The number of carbonyl (C=O) groups excluding carboxylic acids is 1. The number of rotatable bonds is 3. The predicted molar refractivity (Wildman–Crippen MR) is 79.0 cm³/mol. The van der Waals surface area contributed by atoms with Gasteiger partial charge in [0.05, 0.1) is 5.56 Å². The fourth-order valence-electron chi connectivity index (χ4n) is 1.71. The van der Waals surface area contributed by atoms with Crippen LogP contribution in [0, 0.1) is 23.2 Å². The highest BCUT2D eigenvalue weighted by Crippen LogP contribution is 2.04. The van der Waals surface area contributed by atoms with Crippen LogP contribution < -0.4 is 5.32 Å². The Bertz CT molecular complexity index is 721. The van der Waals surface area contributed by atoms with Crippen LogP contribution in [0.4, 0.5) is 0 Å². The zero-order valence-corrected chi connectivity index (χ0v) is 11.3. The third-order valence-electron chi connectivity index (χ3n) is 2.75. The lowest BCUT2D eigenvalue weighted by Gasteiger charge is -2.00. The topological polar surface area (TPSA) is 65.8 Å². The third kappa shape index (κ3) is 4.49. The van der Waals surface area contributed by atoms with Gasteiger partial charge in [-0.2, -0.15) is 5.26 Å². The number of hydrogen-bond donors (Lipinski definition) is 1. The molecule has 4 heteroatoms. The highest BCUT2D eigenvalue weighted by Gasteiger charge is 1.99. The molecule has 0 fully saturated rings. The minimum Gasteiger partial charge on any atom is -0.345 e. The zero-order valence-electron chi connectivity index (χ0n) is 11.3. The molecule has 4 nitrogen and oxygen atoms in total. The molecule has 0 atom stereocenters. The van der Waals surface area contributed by atoms with Crippen molar-refractivity contribution in [3.63, 3.8) is 0 Å². The number of carbonyl (C=O) groups is 1. The van der Waals surface area contributed by atoms with E-state index < -0.39 is 0 Å². The molecule has 1 amide bonds. The van der Waals surface area contributed by atoms with Crippen LogP contribution in [0.1, 0.15) is 16.8 Å². The summed E-state index contributed by atoms with van der Waals surface area (Å²) < 4.78 is 0. The molecule has 21 heavy (non-hydrogen) atoms. The van der Waals surface area contributed by atoms with Crippen LogP contribution in [0.15, 0.2) is 48.7 Å². The molecule has 0 unspecified atom stereocenters. The van der Waals surface area contributed by atoms with Crippen molar-refractivity contribution < 1.29 is 4.79 Å². The molecule has 0 saturated carbocycles. The molecule has 0 saturated heterocycles. The highest BCUT2D eigenvalue weighted by atomic mass is 16.1. The molecule has 1 aromatic carbocycles. The summed E-state index contributed by atoms with van der Waals surface area (Å²) in [6, 6.07) is 14.6. The summed E-state index contributed by atoms with van der Waals surface area (Å²) in [7, 11) is 0. The Balaban J connectivity index is 1.88. The van der Waals surface area contributed by atoms with E-state index in [4.69, 9.17) is 5.26 Å². The van der Waals surface area contributed by atoms with Gasteiger partial charge in [-0.25, -0.2) is 0 Å². The standard InChI is InChI=1S/C17H13N3O/c18-13-15-6-2-1-5-14(15)8-9-17(21)20-12-10-16-7-3-4-11-19-16/h1-7,11H,10,12H2,(H,20,21). The minimum absolute atomic E-state index is 0.362. The zero-order chi connectivity index (χ0) is 14.9. The lowest BCUT2D eigenvalue weighted by Crippen LogP contribution is -2.24. The largest absolute Gasteiger partial charge is 0.345 e. The van der Waals surface area contributed by atoms with Gasteiger partial charge in [0.1, 0.15) is 6.07 Å². The van der Waals surface area contributed by atoms with E-state index in [-0.39, 0.29) is 5.91 Å². The van der Waals surface area contributed by atoms with Crippen LogP contribution in [0.5, 0.6) is 0 Å². The summed E-state index contributed by atoms with van der Waals surface area (Å²) in [5, 5.41) is 11.6. The van der Waals surface area contributed by atoms with Crippen LogP contribution in [0.25, 0.3) is 0 Å². The SMILES string of the molecule is N#Cc1ccccc1C#CC(=O)NCCc1ccccn1. The molecule has 0 bridgehead atoms. The molecular weight excluding hydrogens is 262 g/mol. The van der Waals surface area contributed by atoms with E-state index in [0.29, 0.717) is 24.1 Å². The molecule has 0 aliphatic heterocycles. The second kappa shape index (κ2) is 7.47. The number of pyridine rings is 1. The monoisotopic (exact) mass is 275 g/mol. The number of nitrogens with one attached hydrogen (secondary N) is 1. The van der Waals surface area contributed by atoms with Gasteiger partial charge in [0.15, 0.2) is 0 Å². The maximum atomic E-state index is 11.6. The van der Waals surface area contributed by atoms with E-state index in [1.165, 1.54) is 0 Å². The Kier molecular flexibility index (Phi) is 5.09. The number of benzene rings is 1. The van der Waals surface area contributed by atoms with E-state index >= 15 is 0 Å². The van der Waals surface area contributed by atoms with Crippen LogP contribution in [0.3, 0.4) is 0 Å². The molecule has 0 aliphatic carbocycles. The average Bonchev–Trinajstić information content (AvgIpc) is 2.54. The van der Waals surface area contributed by atoms with E-state index in [1.807, 2.05) is 24.3 Å². The van der Waals surface area contributed by atoms with Gasteiger partial charge in [0.2, 0.25) is 0 Å². The summed E-state index contributed by atoms with van der Waals surface area (Å²) in [6.07, 6.45) is 2.37. The lowest BCUT2D eigenvalue weighted by molar-refractivity contribution is -0.115. The first-order chi connectivity index (χ1) is 10.3. The predicted octanol–water partition coefficient (Wildman–Crippen LogP) is 1.66. The van der Waals surface area contributed by atoms with Gasteiger partial charge in [-0.15, -0.1) is 0 Å². The fraction of sp³-hybridized carbons (Fsp3) is 0.118. The van der Waals surface area contributed by atoms with Gasteiger partial charge >= 0.3 is 0 Å². The Hall–Kier alpha value is -3.11. The molecule has 0 spiro atoms. The second-order valence-corrected chi connectivity index (χ2v) is 4.23. The molecule has 0 radical (unpaired) electrons. The molecule has 1 N–H and O–H groups in total. The van der Waals surface area contributed by atoms with E-state index in [2.05, 4.69) is 22.1 Å². The fourth-order valence-corrected chi connectivity index (χ4v) is 1.71. The molecule has 1 heterocycles. The Labute approximate surface area is 123 Å². The lowest BCUT2D eigenvalue weighted by atomic mass is 10.1. The smallest absolute Gasteiger partial charge is 0.296 e. The molecular formula is C17H13N3O. The highest BCUT2D eigenvalue weighted by molar-refractivity contribution is 5.94. The molecule has 2 aromatic rings. The molecule has 102 valence electrons. The quantitative estimate of drug-likeness (QED) is 0.866. The van der Waals surface area contributed by atoms with E-state index in [1.54, 1.807) is 30.5 Å². The summed E-state index contributed by atoms with van der Waals surface area (Å²) in [5.41, 5.74) is 1.94. The molecule has 1 aromatic heterocycles. The summed E-state index contributed by atoms with van der Waals surface area (Å²) >= 11 is 0. The van der Waals surface area contributed by atoms with Crippen molar-refractivity contribution in [2.45, 2.75) is 6.42 Å². The number of nitriles is 1. The normalized spacial score (nSPS) is 9.10. The van der Waals surface area contributed by atoms with Crippen LogP contribution in [-0.4, -0.2) is 17.4 Å². The van der Waals surface area contributed by atoms with Gasteiger partial charge in [0.25, 0.3) is 5.91 Å². The number of aromatic nitrogens is 1. The first-order valence-corrected chi connectivity index (χ1v) is 6.48. The maximum Gasteiger partial charge on any atom is 0.296 e. The minimum atomic E-state index is -0.362. The number of hydrogen-bond acceptors (Lipinski definition) is 3.